The van der Waals surface area contributed by atoms with Gasteiger partial charge in [-0.25, -0.2) is 4.98 Å². The summed E-state index contributed by atoms with van der Waals surface area (Å²) in [5.74, 6) is 0.734. The van der Waals surface area contributed by atoms with Crippen LogP contribution in [0.25, 0.3) is 33.0 Å². The van der Waals surface area contributed by atoms with Crippen LogP contribution in [-0.2, 0) is 0 Å². The van der Waals surface area contributed by atoms with E-state index in [4.69, 9.17) is 4.42 Å². The van der Waals surface area contributed by atoms with E-state index < -0.39 is 0 Å². The van der Waals surface area contributed by atoms with E-state index >= 15 is 0 Å². The van der Waals surface area contributed by atoms with Crippen molar-refractivity contribution in [1.82, 2.24) is 15.2 Å². The van der Waals surface area contributed by atoms with Gasteiger partial charge in [0, 0.05) is 16.6 Å². The Morgan fingerprint density at radius 3 is 2.72 bits per heavy atom. The monoisotopic (exact) mass is 326 g/mol. The average Bonchev–Trinajstić information content (AvgIpc) is 3.30. The fraction of sp³-hybridized carbons (Fsp3) is 0. The van der Waals surface area contributed by atoms with Crippen molar-refractivity contribution in [2.75, 3.05) is 5.32 Å². The summed E-state index contributed by atoms with van der Waals surface area (Å²) in [6.07, 6.45) is 3.53. The summed E-state index contributed by atoms with van der Waals surface area (Å²) in [4.78, 5) is 4.33. The predicted molar refractivity (Wildman–Crippen MR) is 98.8 cm³/mol. The summed E-state index contributed by atoms with van der Waals surface area (Å²) in [5.41, 5.74) is 2.90. The van der Waals surface area contributed by atoms with Crippen LogP contribution in [0.4, 0.5) is 11.7 Å². The maximum Gasteiger partial charge on any atom is 0.299 e. The highest BCUT2D eigenvalue weighted by Crippen LogP contribution is 2.28. The fourth-order valence-electron chi connectivity index (χ4n) is 2.95. The molecule has 5 rings (SSSR count). The molecular formula is C20H14N4O. The van der Waals surface area contributed by atoms with Crippen LogP contribution < -0.4 is 5.32 Å². The minimum absolute atomic E-state index is 0.464. The van der Waals surface area contributed by atoms with E-state index in [0.717, 1.165) is 27.9 Å². The highest BCUT2D eigenvalue weighted by atomic mass is 16.4. The summed E-state index contributed by atoms with van der Waals surface area (Å²) in [6.45, 7) is 0. The highest BCUT2D eigenvalue weighted by molar-refractivity contribution is 5.86. The van der Waals surface area contributed by atoms with Crippen molar-refractivity contribution in [3.05, 3.63) is 73.1 Å². The Balaban J connectivity index is 1.45. The lowest BCUT2D eigenvalue weighted by Crippen LogP contribution is -1.89. The van der Waals surface area contributed by atoms with Gasteiger partial charge >= 0.3 is 0 Å². The Morgan fingerprint density at radius 2 is 1.76 bits per heavy atom. The van der Waals surface area contributed by atoms with Gasteiger partial charge in [0.1, 0.15) is 0 Å². The molecule has 2 aromatic heterocycles. The van der Waals surface area contributed by atoms with Gasteiger partial charge in [0.25, 0.3) is 6.01 Å². The lowest BCUT2D eigenvalue weighted by Gasteiger charge is -2.02. The summed E-state index contributed by atoms with van der Waals surface area (Å²) in [7, 11) is 0. The molecule has 0 bridgehead atoms. The molecule has 0 radical (unpaired) electrons. The Kier molecular flexibility index (Phi) is 3.03. The molecule has 2 N–H and O–H groups in total. The summed E-state index contributed by atoms with van der Waals surface area (Å²) >= 11 is 0. The first kappa shape index (κ1) is 13.8. The molecule has 3 aromatic carbocycles. The van der Waals surface area contributed by atoms with Gasteiger partial charge in [-0.2, -0.15) is 5.10 Å². The molecule has 2 heterocycles. The minimum atomic E-state index is 0.464. The van der Waals surface area contributed by atoms with Crippen molar-refractivity contribution < 1.29 is 4.42 Å². The second-order valence-electron chi connectivity index (χ2n) is 5.89. The molecule has 0 atom stereocenters. The van der Waals surface area contributed by atoms with Crippen molar-refractivity contribution in [2.45, 2.75) is 0 Å². The number of fused-ring (bicyclic) bond motifs is 2. The molecule has 0 aliphatic heterocycles. The molecule has 0 saturated heterocycles. The summed E-state index contributed by atoms with van der Waals surface area (Å²) in [6, 6.07) is 20.9. The number of nitrogens with one attached hydrogen (secondary N) is 2. The summed E-state index contributed by atoms with van der Waals surface area (Å²) < 4.78 is 5.87. The Bertz CT molecular complexity index is 1190. The van der Waals surface area contributed by atoms with Gasteiger partial charge in [0.05, 0.1) is 17.9 Å². The number of anilines is 2. The van der Waals surface area contributed by atoms with E-state index in [1.807, 2.05) is 36.4 Å². The maximum absolute atomic E-state index is 5.87. The zero-order valence-corrected chi connectivity index (χ0v) is 13.2. The third-order valence-electron chi connectivity index (χ3n) is 4.23. The number of rotatable bonds is 3. The zero-order chi connectivity index (χ0) is 16.6. The second-order valence-corrected chi connectivity index (χ2v) is 5.89. The molecule has 0 aliphatic carbocycles. The molecule has 25 heavy (non-hydrogen) atoms. The third kappa shape index (κ3) is 2.52. The highest BCUT2D eigenvalue weighted by Gasteiger charge is 2.08. The van der Waals surface area contributed by atoms with Gasteiger partial charge in [-0.1, -0.05) is 36.4 Å². The Labute approximate surface area is 143 Å². The van der Waals surface area contributed by atoms with E-state index in [1.165, 1.54) is 10.8 Å². The van der Waals surface area contributed by atoms with E-state index in [0.29, 0.717) is 6.01 Å². The van der Waals surface area contributed by atoms with Crippen LogP contribution in [-0.4, -0.2) is 15.2 Å². The minimum Gasteiger partial charge on any atom is -0.423 e. The Morgan fingerprint density at radius 1 is 0.840 bits per heavy atom. The molecule has 0 aliphatic rings. The quantitative estimate of drug-likeness (QED) is 0.483. The Hall–Kier alpha value is -3.60. The maximum atomic E-state index is 5.87. The molecule has 0 amide bonds. The number of hydrogen-bond acceptors (Lipinski definition) is 4. The van der Waals surface area contributed by atoms with Crippen LogP contribution >= 0.6 is 0 Å². The van der Waals surface area contributed by atoms with Crippen molar-refractivity contribution in [1.29, 1.82) is 0 Å². The number of aromatic nitrogens is 3. The molecule has 5 aromatic rings. The fourth-order valence-corrected chi connectivity index (χ4v) is 2.95. The predicted octanol–water partition coefficient (Wildman–Crippen LogP) is 5.11. The molecule has 0 saturated carbocycles. The molecule has 0 spiro atoms. The first-order valence-corrected chi connectivity index (χ1v) is 8.00. The van der Waals surface area contributed by atoms with Crippen molar-refractivity contribution in [3.8, 4) is 11.3 Å². The second kappa shape index (κ2) is 5.49. The van der Waals surface area contributed by atoms with E-state index in [9.17, 15) is 0 Å². The van der Waals surface area contributed by atoms with Crippen LogP contribution in [0.5, 0.6) is 0 Å². The van der Waals surface area contributed by atoms with E-state index in [1.54, 1.807) is 12.4 Å². The lowest BCUT2D eigenvalue weighted by atomic mass is 10.1. The topological polar surface area (TPSA) is 66.7 Å². The van der Waals surface area contributed by atoms with Crippen molar-refractivity contribution in [3.63, 3.8) is 0 Å². The van der Waals surface area contributed by atoms with Crippen LogP contribution in [0.3, 0.4) is 0 Å². The van der Waals surface area contributed by atoms with Crippen molar-refractivity contribution in [2.24, 2.45) is 0 Å². The number of H-pyrrole nitrogens is 1. The number of nitrogens with zero attached hydrogens (tertiary/aromatic N) is 2. The number of oxazole rings is 1. The number of benzene rings is 3. The molecule has 5 heteroatoms. The smallest absolute Gasteiger partial charge is 0.299 e. The van der Waals surface area contributed by atoms with Gasteiger partial charge in [-0.05, 0) is 35.0 Å². The van der Waals surface area contributed by atoms with Gasteiger partial charge in [0.15, 0.2) is 5.76 Å². The standard InChI is InChI=1S/C20H14N4O/c1-2-4-14-9-15(6-5-13(14)3-1)19-12-21-20(25-19)23-17-7-8-18-16(10-17)11-22-24-18/h1-12H,(H,21,23)(H,22,24). The van der Waals surface area contributed by atoms with Crippen molar-refractivity contribution >= 4 is 33.4 Å². The zero-order valence-electron chi connectivity index (χ0n) is 13.2. The van der Waals surface area contributed by atoms with E-state index in [-0.39, 0.29) is 0 Å². The number of hydrogen-bond donors (Lipinski definition) is 2. The van der Waals surface area contributed by atoms with Gasteiger partial charge in [-0.3, -0.25) is 5.10 Å². The molecular weight excluding hydrogens is 312 g/mol. The normalized spacial score (nSPS) is 11.2. The van der Waals surface area contributed by atoms with Crippen LogP contribution in [0.2, 0.25) is 0 Å². The lowest BCUT2D eigenvalue weighted by molar-refractivity contribution is 0.592. The third-order valence-corrected chi connectivity index (χ3v) is 4.23. The average molecular weight is 326 g/mol. The van der Waals surface area contributed by atoms with Gasteiger partial charge in [-0.15, -0.1) is 0 Å². The first-order chi connectivity index (χ1) is 12.3. The first-order valence-electron chi connectivity index (χ1n) is 8.00. The van der Waals surface area contributed by atoms with Gasteiger partial charge < -0.3 is 9.73 Å². The van der Waals surface area contributed by atoms with Crippen LogP contribution in [0.15, 0.2) is 77.5 Å². The molecule has 5 nitrogen and oxygen atoms in total. The molecule has 120 valence electrons. The van der Waals surface area contributed by atoms with Crippen LogP contribution in [0.1, 0.15) is 0 Å². The van der Waals surface area contributed by atoms with Crippen LogP contribution in [0, 0.1) is 0 Å². The number of aromatic amines is 1. The van der Waals surface area contributed by atoms with Gasteiger partial charge in [0.2, 0.25) is 0 Å². The summed E-state index contributed by atoms with van der Waals surface area (Å²) in [5, 5.41) is 13.6. The molecule has 0 fully saturated rings. The van der Waals surface area contributed by atoms with E-state index in [2.05, 4.69) is 44.8 Å². The largest absolute Gasteiger partial charge is 0.423 e. The molecule has 0 unspecified atom stereocenters. The SMILES string of the molecule is c1ccc2cc(-c3cnc(Nc4ccc5[nH]ncc5c4)o3)ccc2c1.